The van der Waals surface area contributed by atoms with Gasteiger partial charge in [-0.15, -0.1) is 11.8 Å². The standard InChI is InChI=1S/C14H13NOS/c1-11-4-2-6-13(8-11)17-10-14(16)12-5-3-7-15-9-12/h2-9H,10H2,1H3. The minimum absolute atomic E-state index is 0.115. The first kappa shape index (κ1) is 11.9. The van der Waals surface area contributed by atoms with Crippen LogP contribution in [0.15, 0.2) is 53.7 Å². The van der Waals surface area contributed by atoms with Crippen LogP contribution in [0.2, 0.25) is 0 Å². The number of Topliss-reactive ketones (excluding diaryl/α,β-unsaturated/α-hetero) is 1. The van der Waals surface area contributed by atoms with Gasteiger partial charge in [-0.2, -0.15) is 0 Å². The second-order valence-electron chi connectivity index (χ2n) is 3.77. The molecule has 0 saturated carbocycles. The Morgan fingerprint density at radius 2 is 2.18 bits per heavy atom. The van der Waals surface area contributed by atoms with Gasteiger partial charge in [0.2, 0.25) is 0 Å². The van der Waals surface area contributed by atoms with Crippen molar-refractivity contribution in [2.24, 2.45) is 0 Å². The normalized spacial score (nSPS) is 10.2. The molecule has 2 nitrogen and oxygen atoms in total. The lowest BCUT2D eigenvalue weighted by Gasteiger charge is -2.02. The first-order chi connectivity index (χ1) is 8.25. The van der Waals surface area contributed by atoms with Crippen LogP contribution in [-0.4, -0.2) is 16.5 Å². The van der Waals surface area contributed by atoms with Gasteiger partial charge in [0.15, 0.2) is 5.78 Å². The van der Waals surface area contributed by atoms with Gasteiger partial charge in [-0.1, -0.05) is 17.7 Å². The number of rotatable bonds is 4. The number of carbonyl (C=O) groups excluding carboxylic acids is 1. The average molecular weight is 243 g/mol. The van der Waals surface area contributed by atoms with Crippen LogP contribution < -0.4 is 0 Å². The molecule has 1 aromatic carbocycles. The number of nitrogens with zero attached hydrogens (tertiary/aromatic N) is 1. The molecule has 17 heavy (non-hydrogen) atoms. The zero-order valence-corrected chi connectivity index (χ0v) is 10.4. The summed E-state index contributed by atoms with van der Waals surface area (Å²) in [6.07, 6.45) is 3.28. The van der Waals surface area contributed by atoms with Crippen molar-refractivity contribution in [2.45, 2.75) is 11.8 Å². The highest BCUT2D eigenvalue weighted by atomic mass is 32.2. The van der Waals surface area contributed by atoms with Crippen molar-refractivity contribution in [2.75, 3.05) is 5.75 Å². The molecule has 2 rings (SSSR count). The van der Waals surface area contributed by atoms with Crippen LogP contribution >= 0.6 is 11.8 Å². The molecule has 2 aromatic rings. The van der Waals surface area contributed by atoms with Crippen LogP contribution in [0.25, 0.3) is 0 Å². The molecule has 0 saturated heterocycles. The van der Waals surface area contributed by atoms with E-state index in [-0.39, 0.29) is 5.78 Å². The Balaban J connectivity index is 1.97. The van der Waals surface area contributed by atoms with Crippen molar-refractivity contribution in [1.82, 2.24) is 4.98 Å². The third-order valence-electron chi connectivity index (χ3n) is 2.34. The quantitative estimate of drug-likeness (QED) is 0.609. The number of aromatic nitrogens is 1. The van der Waals surface area contributed by atoms with Gasteiger partial charge in [0.05, 0.1) is 5.75 Å². The SMILES string of the molecule is Cc1cccc(SCC(=O)c2cccnc2)c1. The summed E-state index contributed by atoms with van der Waals surface area (Å²) in [5, 5.41) is 0. The largest absolute Gasteiger partial charge is 0.293 e. The fourth-order valence-electron chi connectivity index (χ4n) is 1.47. The molecule has 0 N–H and O–H groups in total. The Labute approximate surface area is 105 Å². The summed E-state index contributed by atoms with van der Waals surface area (Å²) in [5.74, 6) is 0.569. The Bertz CT molecular complexity index is 511. The Morgan fingerprint density at radius 3 is 2.88 bits per heavy atom. The minimum Gasteiger partial charge on any atom is -0.293 e. The third kappa shape index (κ3) is 3.43. The van der Waals surface area contributed by atoms with Crippen LogP contribution in [0.5, 0.6) is 0 Å². The second kappa shape index (κ2) is 5.64. The predicted octanol–water partition coefficient (Wildman–Crippen LogP) is 3.37. The maximum atomic E-state index is 11.8. The molecule has 0 atom stereocenters. The van der Waals surface area contributed by atoms with Gasteiger partial charge in [-0.05, 0) is 31.2 Å². The van der Waals surface area contributed by atoms with E-state index in [4.69, 9.17) is 0 Å². The molecule has 3 heteroatoms. The highest BCUT2D eigenvalue weighted by Crippen LogP contribution is 2.19. The van der Waals surface area contributed by atoms with Crippen LogP contribution in [0, 0.1) is 6.92 Å². The van der Waals surface area contributed by atoms with Gasteiger partial charge < -0.3 is 0 Å². The number of hydrogen-bond donors (Lipinski definition) is 0. The van der Waals surface area contributed by atoms with Crippen LogP contribution in [0.4, 0.5) is 0 Å². The first-order valence-electron chi connectivity index (χ1n) is 5.38. The number of carbonyl (C=O) groups is 1. The summed E-state index contributed by atoms with van der Waals surface area (Å²) in [6.45, 7) is 2.05. The molecule has 0 aliphatic heterocycles. The van der Waals surface area contributed by atoms with Crippen molar-refractivity contribution in [3.05, 3.63) is 59.9 Å². The monoisotopic (exact) mass is 243 g/mol. The number of pyridine rings is 1. The zero-order valence-electron chi connectivity index (χ0n) is 9.59. The van der Waals surface area contributed by atoms with Crippen molar-refractivity contribution in [1.29, 1.82) is 0 Å². The topological polar surface area (TPSA) is 30.0 Å². The van der Waals surface area contributed by atoms with Crippen molar-refractivity contribution < 1.29 is 4.79 Å². The van der Waals surface area contributed by atoms with E-state index in [9.17, 15) is 4.79 Å². The highest BCUT2D eigenvalue weighted by molar-refractivity contribution is 8.00. The van der Waals surface area contributed by atoms with E-state index in [1.54, 1.807) is 36.3 Å². The third-order valence-corrected chi connectivity index (χ3v) is 3.34. The zero-order chi connectivity index (χ0) is 12.1. The second-order valence-corrected chi connectivity index (χ2v) is 4.82. The smallest absolute Gasteiger partial charge is 0.174 e. The molecule has 0 aliphatic carbocycles. The molecule has 0 spiro atoms. The molecular formula is C14H13NOS. The molecule has 1 heterocycles. The molecule has 0 bridgehead atoms. The Kier molecular flexibility index (Phi) is 3.94. The average Bonchev–Trinajstić information content (AvgIpc) is 2.37. The minimum atomic E-state index is 0.115. The molecule has 0 radical (unpaired) electrons. The molecular weight excluding hydrogens is 230 g/mol. The summed E-state index contributed by atoms with van der Waals surface area (Å²) >= 11 is 1.56. The molecule has 86 valence electrons. The lowest BCUT2D eigenvalue weighted by molar-refractivity contribution is 0.102. The molecule has 0 unspecified atom stereocenters. The summed E-state index contributed by atoms with van der Waals surface area (Å²) in [4.78, 5) is 16.9. The van der Waals surface area contributed by atoms with Crippen LogP contribution in [0.3, 0.4) is 0 Å². The summed E-state index contributed by atoms with van der Waals surface area (Å²) in [5.41, 5.74) is 1.89. The van der Waals surface area contributed by atoms with E-state index >= 15 is 0 Å². The van der Waals surface area contributed by atoms with Gasteiger partial charge in [-0.25, -0.2) is 0 Å². The van der Waals surface area contributed by atoms with Gasteiger partial charge in [0.25, 0.3) is 0 Å². The first-order valence-corrected chi connectivity index (χ1v) is 6.37. The number of ketones is 1. The number of thioether (sulfide) groups is 1. The molecule has 0 fully saturated rings. The Hall–Kier alpha value is -1.61. The van der Waals surface area contributed by atoms with E-state index in [0.717, 1.165) is 4.90 Å². The van der Waals surface area contributed by atoms with Gasteiger partial charge >= 0.3 is 0 Å². The van der Waals surface area contributed by atoms with Crippen LogP contribution in [-0.2, 0) is 0 Å². The van der Waals surface area contributed by atoms with Gasteiger partial charge in [0.1, 0.15) is 0 Å². The summed E-state index contributed by atoms with van der Waals surface area (Å²) < 4.78 is 0. The van der Waals surface area contributed by atoms with E-state index in [1.165, 1.54) is 5.56 Å². The fraction of sp³-hybridized carbons (Fsp3) is 0.143. The van der Waals surface area contributed by atoms with Crippen molar-refractivity contribution in [3.8, 4) is 0 Å². The van der Waals surface area contributed by atoms with Gasteiger partial charge in [0, 0.05) is 22.9 Å². The molecule has 1 aromatic heterocycles. The lowest BCUT2D eigenvalue weighted by atomic mass is 10.2. The lowest BCUT2D eigenvalue weighted by Crippen LogP contribution is -2.02. The van der Waals surface area contributed by atoms with E-state index in [2.05, 4.69) is 11.1 Å². The maximum absolute atomic E-state index is 11.8. The predicted molar refractivity (Wildman–Crippen MR) is 70.5 cm³/mol. The summed E-state index contributed by atoms with van der Waals surface area (Å²) in [7, 11) is 0. The van der Waals surface area contributed by atoms with Gasteiger partial charge in [-0.3, -0.25) is 9.78 Å². The number of hydrogen-bond acceptors (Lipinski definition) is 3. The maximum Gasteiger partial charge on any atom is 0.174 e. The fourth-order valence-corrected chi connectivity index (χ4v) is 2.37. The molecule has 0 amide bonds. The summed E-state index contributed by atoms with van der Waals surface area (Å²) in [6, 6.07) is 11.7. The van der Waals surface area contributed by atoms with Crippen LogP contribution in [0.1, 0.15) is 15.9 Å². The van der Waals surface area contributed by atoms with Crippen molar-refractivity contribution in [3.63, 3.8) is 0 Å². The van der Waals surface area contributed by atoms with E-state index in [1.807, 2.05) is 25.1 Å². The molecule has 0 aliphatic rings. The van der Waals surface area contributed by atoms with Crippen molar-refractivity contribution >= 4 is 17.5 Å². The highest BCUT2D eigenvalue weighted by Gasteiger charge is 2.06. The number of aryl methyl sites for hydroxylation is 1. The van der Waals surface area contributed by atoms with E-state index in [0.29, 0.717) is 11.3 Å². The Morgan fingerprint density at radius 1 is 1.29 bits per heavy atom. The van der Waals surface area contributed by atoms with E-state index < -0.39 is 0 Å². The number of benzene rings is 1.